The number of para-hydroxylation sites is 1. The zero-order valence-electron chi connectivity index (χ0n) is 12.1. The van der Waals surface area contributed by atoms with Gasteiger partial charge in [0.2, 0.25) is 0 Å². The fourth-order valence-corrected chi connectivity index (χ4v) is 2.10. The molecule has 2 rings (SSSR count). The molecule has 2 nitrogen and oxygen atoms in total. The van der Waals surface area contributed by atoms with Gasteiger partial charge in [0, 0.05) is 0 Å². The summed E-state index contributed by atoms with van der Waals surface area (Å²) in [7, 11) is 0. The molecule has 0 fully saturated rings. The highest BCUT2D eigenvalue weighted by Crippen LogP contribution is 2.21. The van der Waals surface area contributed by atoms with Crippen molar-refractivity contribution in [3.63, 3.8) is 0 Å². The third kappa shape index (κ3) is 5.06. The van der Waals surface area contributed by atoms with E-state index in [-0.39, 0.29) is 0 Å². The molecule has 0 heterocycles. The van der Waals surface area contributed by atoms with Crippen LogP contribution in [0.25, 0.3) is 0 Å². The lowest BCUT2D eigenvalue weighted by Crippen LogP contribution is -2.13. The Bertz CT molecular complexity index is 479. The van der Waals surface area contributed by atoms with Gasteiger partial charge in [0.1, 0.15) is 11.5 Å². The number of hydrogen-bond acceptors (Lipinski definition) is 2. The number of nitrogens with one attached hydrogen (secondary N) is 1. The molecule has 0 amide bonds. The number of ether oxygens (including phenoxy) is 1. The van der Waals surface area contributed by atoms with Crippen LogP contribution in [-0.4, -0.2) is 13.1 Å². The van der Waals surface area contributed by atoms with Gasteiger partial charge in [-0.25, -0.2) is 0 Å². The van der Waals surface area contributed by atoms with Crippen LogP contribution in [-0.2, 0) is 6.42 Å². The smallest absolute Gasteiger partial charge is 0.127 e. The van der Waals surface area contributed by atoms with Gasteiger partial charge in [-0.05, 0) is 62.2 Å². The summed E-state index contributed by atoms with van der Waals surface area (Å²) in [5.74, 6) is 1.78. The lowest BCUT2D eigenvalue weighted by Gasteiger charge is -2.07. The van der Waals surface area contributed by atoms with Gasteiger partial charge in [0.25, 0.3) is 0 Å². The summed E-state index contributed by atoms with van der Waals surface area (Å²) >= 11 is 0. The molecule has 0 aliphatic heterocycles. The van der Waals surface area contributed by atoms with E-state index in [1.54, 1.807) is 0 Å². The first-order valence-electron chi connectivity index (χ1n) is 7.41. The van der Waals surface area contributed by atoms with Gasteiger partial charge in [0.05, 0.1) is 0 Å². The molecule has 0 aliphatic carbocycles. The first-order valence-corrected chi connectivity index (χ1v) is 7.41. The SMILES string of the molecule is CCNCCCCc1ccc(Oc2ccccc2)cc1. The molecule has 106 valence electrons. The van der Waals surface area contributed by atoms with E-state index in [1.807, 2.05) is 42.5 Å². The van der Waals surface area contributed by atoms with Crippen LogP contribution in [0.1, 0.15) is 25.3 Å². The van der Waals surface area contributed by atoms with Gasteiger partial charge >= 0.3 is 0 Å². The lowest BCUT2D eigenvalue weighted by molar-refractivity contribution is 0.482. The zero-order valence-corrected chi connectivity index (χ0v) is 12.1. The monoisotopic (exact) mass is 269 g/mol. The topological polar surface area (TPSA) is 21.3 Å². The lowest BCUT2D eigenvalue weighted by atomic mass is 10.1. The van der Waals surface area contributed by atoms with E-state index < -0.39 is 0 Å². The third-order valence-electron chi connectivity index (χ3n) is 3.22. The molecule has 0 unspecified atom stereocenters. The third-order valence-corrected chi connectivity index (χ3v) is 3.22. The maximum Gasteiger partial charge on any atom is 0.127 e. The minimum atomic E-state index is 0.880. The van der Waals surface area contributed by atoms with Crippen LogP contribution in [0.15, 0.2) is 54.6 Å². The molecule has 1 N–H and O–H groups in total. The first-order chi connectivity index (χ1) is 9.88. The van der Waals surface area contributed by atoms with E-state index in [4.69, 9.17) is 4.74 Å². The van der Waals surface area contributed by atoms with E-state index in [1.165, 1.54) is 18.4 Å². The van der Waals surface area contributed by atoms with E-state index in [0.717, 1.165) is 31.0 Å². The van der Waals surface area contributed by atoms with Gasteiger partial charge in [-0.15, -0.1) is 0 Å². The minimum Gasteiger partial charge on any atom is -0.457 e. The summed E-state index contributed by atoms with van der Waals surface area (Å²) in [6.07, 6.45) is 3.60. The Morgan fingerprint density at radius 3 is 2.25 bits per heavy atom. The summed E-state index contributed by atoms with van der Waals surface area (Å²) in [4.78, 5) is 0. The van der Waals surface area contributed by atoms with Gasteiger partial charge in [0.15, 0.2) is 0 Å². The van der Waals surface area contributed by atoms with Crippen LogP contribution in [0.4, 0.5) is 0 Å². The normalized spacial score (nSPS) is 10.4. The molecule has 2 heteroatoms. The summed E-state index contributed by atoms with van der Waals surface area (Å²) in [5.41, 5.74) is 1.38. The Kier molecular flexibility index (Phi) is 6.12. The highest BCUT2D eigenvalue weighted by Gasteiger charge is 1.98. The Morgan fingerprint density at radius 2 is 1.55 bits per heavy atom. The summed E-state index contributed by atoms with van der Waals surface area (Å²) in [6.45, 7) is 4.32. The van der Waals surface area contributed by atoms with Crippen molar-refractivity contribution < 1.29 is 4.74 Å². The molecular weight excluding hydrogens is 246 g/mol. The van der Waals surface area contributed by atoms with Crippen LogP contribution < -0.4 is 10.1 Å². The van der Waals surface area contributed by atoms with Crippen molar-refractivity contribution in [2.24, 2.45) is 0 Å². The average molecular weight is 269 g/mol. The van der Waals surface area contributed by atoms with Gasteiger partial charge in [-0.3, -0.25) is 0 Å². The fourth-order valence-electron chi connectivity index (χ4n) is 2.10. The van der Waals surface area contributed by atoms with E-state index in [9.17, 15) is 0 Å². The van der Waals surface area contributed by atoms with E-state index >= 15 is 0 Å². The van der Waals surface area contributed by atoms with Crippen LogP contribution in [0, 0.1) is 0 Å². The number of rotatable bonds is 8. The molecule has 0 aromatic heterocycles. The Labute approximate surface area is 121 Å². The molecule has 20 heavy (non-hydrogen) atoms. The Balaban J connectivity index is 1.78. The minimum absolute atomic E-state index is 0.880. The number of benzene rings is 2. The van der Waals surface area contributed by atoms with Crippen molar-refractivity contribution in [1.29, 1.82) is 0 Å². The molecule has 0 bridgehead atoms. The molecule has 0 aliphatic rings. The van der Waals surface area contributed by atoms with Gasteiger partial charge in [-0.1, -0.05) is 37.3 Å². The molecule has 2 aromatic rings. The van der Waals surface area contributed by atoms with E-state index in [2.05, 4.69) is 24.4 Å². The van der Waals surface area contributed by atoms with Crippen LogP contribution in [0.5, 0.6) is 11.5 Å². The number of aryl methyl sites for hydroxylation is 1. The Hall–Kier alpha value is -1.80. The van der Waals surface area contributed by atoms with Crippen LogP contribution in [0.2, 0.25) is 0 Å². The fraction of sp³-hybridized carbons (Fsp3) is 0.333. The van der Waals surface area contributed by atoms with Crippen molar-refractivity contribution in [1.82, 2.24) is 5.32 Å². The maximum atomic E-state index is 5.78. The largest absolute Gasteiger partial charge is 0.457 e. The summed E-state index contributed by atoms with van der Waals surface area (Å²) in [5, 5.41) is 3.35. The average Bonchev–Trinajstić information content (AvgIpc) is 2.50. The van der Waals surface area contributed by atoms with Crippen LogP contribution >= 0.6 is 0 Å². The molecule has 0 atom stereocenters. The summed E-state index contributed by atoms with van der Waals surface area (Å²) in [6, 6.07) is 18.3. The Morgan fingerprint density at radius 1 is 0.850 bits per heavy atom. The number of unbranched alkanes of at least 4 members (excludes halogenated alkanes) is 1. The predicted molar refractivity (Wildman–Crippen MR) is 84.4 cm³/mol. The van der Waals surface area contributed by atoms with Crippen molar-refractivity contribution in [3.8, 4) is 11.5 Å². The highest BCUT2D eigenvalue weighted by atomic mass is 16.5. The highest BCUT2D eigenvalue weighted by molar-refractivity contribution is 5.32. The number of hydrogen-bond donors (Lipinski definition) is 1. The van der Waals surface area contributed by atoms with E-state index in [0.29, 0.717) is 0 Å². The van der Waals surface area contributed by atoms with Gasteiger partial charge in [-0.2, -0.15) is 0 Å². The van der Waals surface area contributed by atoms with Crippen molar-refractivity contribution >= 4 is 0 Å². The molecular formula is C18H23NO. The molecule has 0 spiro atoms. The second kappa shape index (κ2) is 8.39. The van der Waals surface area contributed by atoms with Crippen LogP contribution in [0.3, 0.4) is 0 Å². The van der Waals surface area contributed by atoms with Gasteiger partial charge < -0.3 is 10.1 Å². The first kappa shape index (κ1) is 14.6. The molecule has 0 saturated carbocycles. The maximum absolute atomic E-state index is 5.78. The predicted octanol–water partition coefficient (Wildman–Crippen LogP) is 4.41. The zero-order chi connectivity index (χ0) is 14.0. The summed E-state index contributed by atoms with van der Waals surface area (Å²) < 4.78 is 5.78. The van der Waals surface area contributed by atoms with Crippen molar-refractivity contribution in [2.45, 2.75) is 26.2 Å². The quantitative estimate of drug-likeness (QED) is 0.717. The standard InChI is InChI=1S/C18H23NO/c1-2-19-15-7-6-8-16-11-13-18(14-12-16)20-17-9-4-3-5-10-17/h3-5,9-14,19H,2,6-8,15H2,1H3. The molecule has 0 saturated heterocycles. The molecule has 2 aromatic carbocycles. The molecule has 0 radical (unpaired) electrons. The van der Waals surface area contributed by atoms with Crippen molar-refractivity contribution in [3.05, 3.63) is 60.2 Å². The second-order valence-corrected chi connectivity index (χ2v) is 4.87. The van der Waals surface area contributed by atoms with Crippen molar-refractivity contribution in [2.75, 3.05) is 13.1 Å². The second-order valence-electron chi connectivity index (χ2n) is 4.87.